The van der Waals surface area contributed by atoms with Crippen molar-refractivity contribution in [3.05, 3.63) is 0 Å². The summed E-state index contributed by atoms with van der Waals surface area (Å²) in [6.07, 6.45) is 1.82. The zero-order chi connectivity index (χ0) is 9.03. The lowest BCUT2D eigenvalue weighted by molar-refractivity contribution is -0.0797. The Morgan fingerprint density at radius 2 is 2.00 bits per heavy atom. The van der Waals surface area contributed by atoms with Gasteiger partial charge in [-0.15, -0.1) is 0 Å². The molecule has 0 aromatic carbocycles. The van der Waals surface area contributed by atoms with Crippen LogP contribution in [0.5, 0.6) is 0 Å². The first-order valence-corrected chi connectivity index (χ1v) is 4.67. The molecule has 72 valence electrons. The molecule has 0 radical (unpaired) electrons. The van der Waals surface area contributed by atoms with Crippen LogP contribution in [0.2, 0.25) is 0 Å². The molecule has 1 aliphatic heterocycles. The normalized spacial score (nSPS) is 23.0. The molecule has 0 unspecified atom stereocenters. The molecule has 1 rings (SSSR count). The molecule has 0 atom stereocenters. The first-order valence-electron chi connectivity index (χ1n) is 4.67. The molecule has 3 nitrogen and oxygen atoms in total. The zero-order valence-electron chi connectivity index (χ0n) is 7.97. The van der Waals surface area contributed by atoms with Gasteiger partial charge >= 0.3 is 0 Å². The van der Waals surface area contributed by atoms with Crippen LogP contribution in [0.1, 0.15) is 26.7 Å². The second-order valence-corrected chi connectivity index (χ2v) is 3.83. The fourth-order valence-corrected chi connectivity index (χ4v) is 1.36. The summed E-state index contributed by atoms with van der Waals surface area (Å²) in [5.41, 5.74) is -0.574. The molecular weight excluding hydrogens is 154 g/mol. The minimum absolute atomic E-state index is 0.212. The highest BCUT2D eigenvalue weighted by atomic mass is 16.5. The van der Waals surface area contributed by atoms with E-state index in [0.717, 1.165) is 25.9 Å². The van der Waals surface area contributed by atoms with Gasteiger partial charge in [-0.3, -0.25) is 0 Å². The van der Waals surface area contributed by atoms with Crippen molar-refractivity contribution in [3.8, 4) is 0 Å². The van der Waals surface area contributed by atoms with Crippen molar-refractivity contribution < 1.29 is 9.84 Å². The predicted octanol–water partition coefficient (Wildman–Crippen LogP) is 0.526. The summed E-state index contributed by atoms with van der Waals surface area (Å²) in [4.78, 5) is 0. The summed E-state index contributed by atoms with van der Waals surface area (Å²) < 4.78 is 5.41. The number of rotatable bonds is 3. The molecule has 1 saturated heterocycles. The molecule has 0 spiro atoms. The van der Waals surface area contributed by atoms with Crippen molar-refractivity contribution in [2.45, 2.75) is 38.4 Å². The van der Waals surface area contributed by atoms with E-state index in [0.29, 0.717) is 6.61 Å². The molecule has 0 aromatic rings. The first kappa shape index (κ1) is 9.96. The van der Waals surface area contributed by atoms with E-state index < -0.39 is 5.60 Å². The van der Waals surface area contributed by atoms with Crippen LogP contribution in [-0.4, -0.2) is 36.5 Å². The van der Waals surface area contributed by atoms with Crippen molar-refractivity contribution in [3.63, 3.8) is 0 Å². The van der Waals surface area contributed by atoms with Crippen LogP contribution >= 0.6 is 0 Å². The quantitative estimate of drug-likeness (QED) is 0.654. The number of ether oxygens (including phenoxy) is 1. The molecule has 0 aliphatic carbocycles. The topological polar surface area (TPSA) is 41.5 Å². The van der Waals surface area contributed by atoms with Crippen LogP contribution < -0.4 is 5.32 Å². The maximum Gasteiger partial charge on any atom is 0.0904 e. The SMILES string of the molecule is CC(C)OCC1(O)CCNCC1. The maximum absolute atomic E-state index is 9.96. The van der Waals surface area contributed by atoms with Gasteiger partial charge in [0.2, 0.25) is 0 Å². The summed E-state index contributed by atoms with van der Waals surface area (Å²) in [7, 11) is 0. The van der Waals surface area contributed by atoms with Gasteiger partial charge in [0.25, 0.3) is 0 Å². The van der Waals surface area contributed by atoms with Gasteiger partial charge in [0.05, 0.1) is 18.3 Å². The van der Waals surface area contributed by atoms with Crippen LogP contribution in [0.3, 0.4) is 0 Å². The van der Waals surface area contributed by atoms with Gasteiger partial charge in [0.1, 0.15) is 0 Å². The van der Waals surface area contributed by atoms with E-state index in [4.69, 9.17) is 4.74 Å². The van der Waals surface area contributed by atoms with Crippen LogP contribution in [0.25, 0.3) is 0 Å². The van der Waals surface area contributed by atoms with E-state index in [-0.39, 0.29) is 6.10 Å². The lowest BCUT2D eigenvalue weighted by atomic mass is 9.93. The molecule has 3 heteroatoms. The Hall–Kier alpha value is -0.120. The Balaban J connectivity index is 2.26. The molecule has 1 heterocycles. The van der Waals surface area contributed by atoms with E-state index in [1.165, 1.54) is 0 Å². The molecule has 0 bridgehead atoms. The fourth-order valence-electron chi connectivity index (χ4n) is 1.36. The van der Waals surface area contributed by atoms with E-state index in [1.807, 2.05) is 13.8 Å². The molecule has 0 saturated carbocycles. The number of nitrogens with one attached hydrogen (secondary N) is 1. The molecule has 1 fully saturated rings. The fraction of sp³-hybridized carbons (Fsp3) is 1.00. The lowest BCUT2D eigenvalue weighted by Gasteiger charge is -2.32. The smallest absolute Gasteiger partial charge is 0.0904 e. The van der Waals surface area contributed by atoms with Crippen molar-refractivity contribution in [2.75, 3.05) is 19.7 Å². The Labute approximate surface area is 74.1 Å². The van der Waals surface area contributed by atoms with Gasteiger partial charge in [-0.25, -0.2) is 0 Å². The zero-order valence-corrected chi connectivity index (χ0v) is 7.97. The molecule has 2 N–H and O–H groups in total. The minimum Gasteiger partial charge on any atom is -0.387 e. The highest BCUT2D eigenvalue weighted by Crippen LogP contribution is 2.18. The highest BCUT2D eigenvalue weighted by Gasteiger charge is 2.29. The standard InChI is InChI=1S/C9H19NO2/c1-8(2)12-7-9(11)3-5-10-6-4-9/h8,10-11H,3-7H2,1-2H3. The van der Waals surface area contributed by atoms with Gasteiger partial charge in [0, 0.05) is 0 Å². The minimum atomic E-state index is -0.574. The van der Waals surface area contributed by atoms with E-state index in [2.05, 4.69) is 5.32 Å². The number of piperidine rings is 1. The Kier molecular flexibility index (Phi) is 3.50. The monoisotopic (exact) mass is 173 g/mol. The first-order chi connectivity index (χ1) is 5.62. The molecular formula is C9H19NO2. The Bertz CT molecular complexity index is 130. The second kappa shape index (κ2) is 4.21. The lowest BCUT2D eigenvalue weighted by Crippen LogP contribution is -2.45. The second-order valence-electron chi connectivity index (χ2n) is 3.83. The van der Waals surface area contributed by atoms with E-state index >= 15 is 0 Å². The number of hydrogen-bond acceptors (Lipinski definition) is 3. The average Bonchev–Trinajstić information content (AvgIpc) is 2.03. The summed E-state index contributed by atoms with van der Waals surface area (Å²) in [5.74, 6) is 0. The number of aliphatic hydroxyl groups is 1. The van der Waals surface area contributed by atoms with Crippen LogP contribution in [0.15, 0.2) is 0 Å². The highest BCUT2D eigenvalue weighted by molar-refractivity contribution is 4.83. The Morgan fingerprint density at radius 3 is 2.50 bits per heavy atom. The van der Waals surface area contributed by atoms with Gasteiger partial charge in [0.15, 0.2) is 0 Å². The van der Waals surface area contributed by atoms with Crippen molar-refractivity contribution in [1.29, 1.82) is 0 Å². The number of hydrogen-bond donors (Lipinski definition) is 2. The van der Waals surface area contributed by atoms with Gasteiger partial charge in [-0.2, -0.15) is 0 Å². The van der Waals surface area contributed by atoms with Crippen LogP contribution in [0.4, 0.5) is 0 Å². The van der Waals surface area contributed by atoms with E-state index in [1.54, 1.807) is 0 Å². The van der Waals surface area contributed by atoms with Gasteiger partial charge < -0.3 is 15.2 Å². The summed E-state index contributed by atoms with van der Waals surface area (Å²) in [6, 6.07) is 0. The van der Waals surface area contributed by atoms with Crippen molar-refractivity contribution in [2.24, 2.45) is 0 Å². The van der Waals surface area contributed by atoms with E-state index in [9.17, 15) is 5.11 Å². The van der Waals surface area contributed by atoms with Crippen molar-refractivity contribution in [1.82, 2.24) is 5.32 Å². The van der Waals surface area contributed by atoms with Gasteiger partial charge in [-0.1, -0.05) is 0 Å². The molecule has 0 aromatic heterocycles. The largest absolute Gasteiger partial charge is 0.387 e. The summed E-state index contributed by atoms with van der Waals surface area (Å²) >= 11 is 0. The van der Waals surface area contributed by atoms with Crippen LogP contribution in [0, 0.1) is 0 Å². The van der Waals surface area contributed by atoms with Gasteiger partial charge in [-0.05, 0) is 39.8 Å². The average molecular weight is 173 g/mol. The Morgan fingerprint density at radius 1 is 1.42 bits per heavy atom. The summed E-state index contributed by atoms with van der Waals surface area (Å²) in [5, 5.41) is 13.2. The maximum atomic E-state index is 9.96. The summed E-state index contributed by atoms with van der Waals surface area (Å²) in [6.45, 7) is 6.26. The van der Waals surface area contributed by atoms with Crippen molar-refractivity contribution >= 4 is 0 Å². The third kappa shape index (κ3) is 3.09. The molecule has 1 aliphatic rings. The third-order valence-electron chi connectivity index (χ3n) is 2.22. The predicted molar refractivity (Wildman–Crippen MR) is 48.1 cm³/mol. The molecule has 12 heavy (non-hydrogen) atoms. The molecule has 0 amide bonds. The third-order valence-corrected chi connectivity index (χ3v) is 2.22. The van der Waals surface area contributed by atoms with Crippen LogP contribution in [-0.2, 0) is 4.74 Å².